The van der Waals surface area contributed by atoms with Gasteiger partial charge in [-0.2, -0.15) is 0 Å². The number of rotatable bonds is 4. The molecule has 1 heterocycles. The van der Waals surface area contributed by atoms with Crippen LogP contribution in [0.5, 0.6) is 0 Å². The summed E-state index contributed by atoms with van der Waals surface area (Å²) in [5.41, 5.74) is 0.738. The van der Waals surface area contributed by atoms with E-state index in [1.54, 1.807) is 19.9 Å². The highest BCUT2D eigenvalue weighted by Crippen LogP contribution is 2.30. The Morgan fingerprint density at radius 2 is 2.05 bits per heavy atom. The third-order valence-corrected chi connectivity index (χ3v) is 4.15. The molecule has 2 aromatic rings. The van der Waals surface area contributed by atoms with Gasteiger partial charge in [0.25, 0.3) is 19.9 Å². The minimum Gasteiger partial charge on any atom is -0.297 e. The van der Waals surface area contributed by atoms with Gasteiger partial charge < -0.3 is 0 Å². The first-order chi connectivity index (χ1) is 9.77. The third kappa shape index (κ3) is 2.74. The Balaban J connectivity index is 2.72. The smallest absolute Gasteiger partial charge is 0.296 e. The van der Waals surface area contributed by atoms with Crippen molar-refractivity contribution >= 4 is 25.4 Å². The monoisotopic (exact) mass is 330 g/mol. The van der Waals surface area contributed by atoms with Gasteiger partial charge in [0, 0.05) is 34.4 Å². The van der Waals surface area contributed by atoms with Crippen LogP contribution in [0.3, 0.4) is 0 Å². The summed E-state index contributed by atoms with van der Waals surface area (Å²) in [7, 11) is 1.26. The zero-order chi connectivity index (χ0) is 15.8. The number of nitro groups is 1. The highest BCUT2D eigenvalue weighted by atomic mass is 35.7. The molecule has 1 aromatic carbocycles. The maximum Gasteiger partial charge on any atom is 0.296 e. The molecule has 0 radical (unpaired) electrons. The average Bonchev–Trinajstić information content (AvgIpc) is 2.82. The van der Waals surface area contributed by atoms with Crippen molar-refractivity contribution in [2.75, 3.05) is 0 Å². The molecule has 0 aliphatic carbocycles. The van der Waals surface area contributed by atoms with E-state index in [-0.39, 0.29) is 23.2 Å². The number of hydrogen-bond donors (Lipinski definition) is 0. The molecule has 0 spiro atoms. The molecule has 0 fully saturated rings. The van der Waals surface area contributed by atoms with Crippen LogP contribution in [-0.4, -0.2) is 28.1 Å². The van der Waals surface area contributed by atoms with E-state index in [1.165, 1.54) is 16.7 Å². The summed E-state index contributed by atoms with van der Waals surface area (Å²) >= 11 is 0. The number of nitrogens with zero attached hydrogens (tertiary/aromatic N) is 4. The van der Waals surface area contributed by atoms with Crippen molar-refractivity contribution in [3.63, 3.8) is 0 Å². The lowest BCUT2D eigenvalue weighted by Crippen LogP contribution is -2.07. The van der Waals surface area contributed by atoms with Crippen LogP contribution in [0.1, 0.15) is 12.5 Å². The van der Waals surface area contributed by atoms with Crippen LogP contribution in [0.25, 0.3) is 11.4 Å². The fourth-order valence-electron chi connectivity index (χ4n) is 2.02. The molecule has 0 saturated carbocycles. The fraction of sp³-hybridized carbons (Fsp3) is 0.273. The van der Waals surface area contributed by atoms with E-state index in [2.05, 4.69) is 10.2 Å². The Labute approximate surface area is 124 Å². The summed E-state index contributed by atoms with van der Waals surface area (Å²) in [5.74, 6) is 0.220. The maximum atomic E-state index is 11.5. The second kappa shape index (κ2) is 5.41. The van der Waals surface area contributed by atoms with Gasteiger partial charge in [-0.25, -0.2) is 8.42 Å². The Morgan fingerprint density at radius 3 is 2.57 bits per heavy atom. The Bertz CT molecular complexity index is 816. The predicted octanol–water partition coefficient (Wildman–Crippen LogP) is 2.11. The van der Waals surface area contributed by atoms with Crippen LogP contribution >= 0.6 is 10.7 Å². The minimum absolute atomic E-state index is 0.0755. The fourth-order valence-corrected chi connectivity index (χ4v) is 2.98. The number of nitro benzene ring substituents is 1. The van der Waals surface area contributed by atoms with E-state index >= 15 is 0 Å². The lowest BCUT2D eigenvalue weighted by molar-refractivity contribution is -0.385. The Kier molecular flexibility index (Phi) is 3.97. The molecule has 0 amide bonds. The van der Waals surface area contributed by atoms with Gasteiger partial charge in [0.1, 0.15) is 0 Å². The van der Waals surface area contributed by atoms with E-state index in [1.807, 2.05) is 0 Å². The van der Waals surface area contributed by atoms with Crippen molar-refractivity contribution in [3.8, 4) is 11.4 Å². The second-order valence-corrected chi connectivity index (χ2v) is 6.65. The molecule has 0 N–H and O–H groups in total. The summed E-state index contributed by atoms with van der Waals surface area (Å²) in [6.45, 7) is 3.52. The molecule has 0 aliphatic heterocycles. The standard InChI is InChI=1S/C11H11ClN4O4S/c1-3-15-10(13-14-11(15)21(12,19)20)8-5-4-6-9(7(8)2)16(17)18/h4-6H,3H2,1-2H3. The van der Waals surface area contributed by atoms with Crippen molar-refractivity contribution in [1.82, 2.24) is 14.8 Å². The predicted molar refractivity (Wildman–Crippen MR) is 75.6 cm³/mol. The summed E-state index contributed by atoms with van der Waals surface area (Å²) in [6, 6.07) is 4.48. The van der Waals surface area contributed by atoms with E-state index < -0.39 is 14.0 Å². The summed E-state index contributed by atoms with van der Waals surface area (Å²) in [5, 5.41) is 18.0. The molecule has 0 unspecified atom stereocenters. The largest absolute Gasteiger partial charge is 0.297 e. The van der Waals surface area contributed by atoms with Gasteiger partial charge in [0.2, 0.25) is 0 Å². The van der Waals surface area contributed by atoms with Crippen LogP contribution in [0, 0.1) is 17.0 Å². The average molecular weight is 331 g/mol. The van der Waals surface area contributed by atoms with Gasteiger partial charge in [-0.3, -0.25) is 14.7 Å². The zero-order valence-corrected chi connectivity index (χ0v) is 12.7. The molecule has 0 saturated heterocycles. The molecule has 0 bridgehead atoms. The molecule has 0 atom stereocenters. The zero-order valence-electron chi connectivity index (χ0n) is 11.1. The van der Waals surface area contributed by atoms with Crippen LogP contribution in [0.2, 0.25) is 0 Å². The van der Waals surface area contributed by atoms with Crippen LogP contribution < -0.4 is 0 Å². The molecule has 10 heteroatoms. The topological polar surface area (TPSA) is 108 Å². The highest BCUT2D eigenvalue weighted by Gasteiger charge is 2.24. The molecule has 0 aliphatic rings. The molecule has 112 valence electrons. The summed E-state index contributed by atoms with van der Waals surface area (Å²) in [6.07, 6.45) is 0. The van der Waals surface area contributed by atoms with Crippen molar-refractivity contribution < 1.29 is 13.3 Å². The van der Waals surface area contributed by atoms with Crippen LogP contribution in [0.15, 0.2) is 23.4 Å². The Morgan fingerprint density at radius 1 is 1.38 bits per heavy atom. The van der Waals surface area contributed by atoms with Crippen molar-refractivity contribution in [3.05, 3.63) is 33.9 Å². The lowest BCUT2D eigenvalue weighted by Gasteiger charge is -2.08. The van der Waals surface area contributed by atoms with Gasteiger partial charge in [-0.15, -0.1) is 10.2 Å². The summed E-state index contributed by atoms with van der Waals surface area (Å²) in [4.78, 5) is 10.5. The van der Waals surface area contributed by atoms with Crippen LogP contribution in [-0.2, 0) is 15.6 Å². The van der Waals surface area contributed by atoms with E-state index in [0.717, 1.165) is 0 Å². The highest BCUT2D eigenvalue weighted by molar-refractivity contribution is 8.13. The van der Waals surface area contributed by atoms with E-state index in [4.69, 9.17) is 10.7 Å². The molecule has 1 aromatic heterocycles. The van der Waals surface area contributed by atoms with Gasteiger partial charge in [0.15, 0.2) is 5.82 Å². The first-order valence-corrected chi connectivity index (χ1v) is 8.20. The Hall–Kier alpha value is -2.00. The van der Waals surface area contributed by atoms with Gasteiger partial charge in [-0.1, -0.05) is 12.1 Å². The lowest BCUT2D eigenvalue weighted by atomic mass is 10.1. The first kappa shape index (κ1) is 15.4. The van der Waals surface area contributed by atoms with Crippen molar-refractivity contribution in [2.45, 2.75) is 25.5 Å². The van der Waals surface area contributed by atoms with E-state index in [9.17, 15) is 18.5 Å². The number of aromatic nitrogens is 3. The van der Waals surface area contributed by atoms with Gasteiger partial charge in [0.05, 0.1) is 4.92 Å². The summed E-state index contributed by atoms with van der Waals surface area (Å²) < 4.78 is 24.2. The normalized spacial score (nSPS) is 11.6. The molecular formula is C11H11ClN4O4S. The SMILES string of the molecule is CCn1c(-c2cccc([N+](=O)[O-])c2C)nnc1S(=O)(=O)Cl. The molecule has 8 nitrogen and oxygen atoms in total. The minimum atomic E-state index is -4.04. The number of halogens is 1. The quantitative estimate of drug-likeness (QED) is 0.482. The van der Waals surface area contributed by atoms with Crippen molar-refractivity contribution in [2.24, 2.45) is 0 Å². The van der Waals surface area contributed by atoms with Crippen LogP contribution in [0.4, 0.5) is 5.69 Å². The molecule has 2 rings (SSSR count). The van der Waals surface area contributed by atoms with Crippen molar-refractivity contribution in [1.29, 1.82) is 0 Å². The number of hydrogen-bond acceptors (Lipinski definition) is 6. The number of benzene rings is 1. The van der Waals surface area contributed by atoms with Gasteiger partial charge in [-0.05, 0) is 13.8 Å². The second-order valence-electron chi connectivity index (χ2n) is 4.20. The maximum absolute atomic E-state index is 11.5. The van der Waals surface area contributed by atoms with Gasteiger partial charge >= 0.3 is 0 Å². The molecule has 21 heavy (non-hydrogen) atoms. The third-order valence-electron chi connectivity index (χ3n) is 2.99. The van der Waals surface area contributed by atoms with E-state index in [0.29, 0.717) is 11.1 Å². The first-order valence-electron chi connectivity index (χ1n) is 5.89. The molecular weight excluding hydrogens is 320 g/mol.